The summed E-state index contributed by atoms with van der Waals surface area (Å²) in [5, 5.41) is 3.08. The maximum atomic E-state index is 6.01. The van der Waals surface area contributed by atoms with Crippen molar-refractivity contribution in [3.05, 3.63) is 48.0 Å². The molecule has 0 heterocycles. The molecule has 0 unspecified atom stereocenters. The van der Waals surface area contributed by atoms with Crippen LogP contribution in [0.4, 0.5) is 11.4 Å². The Bertz CT molecular complexity index is 746. The van der Waals surface area contributed by atoms with Crippen LogP contribution in [0.2, 0.25) is 0 Å². The molecule has 26 heavy (non-hydrogen) atoms. The van der Waals surface area contributed by atoms with Gasteiger partial charge in [0.1, 0.15) is 0 Å². The number of anilines is 2. The zero-order chi connectivity index (χ0) is 18.9. The highest BCUT2D eigenvalue weighted by Gasteiger charge is 2.06. The van der Waals surface area contributed by atoms with Crippen molar-refractivity contribution in [3.63, 3.8) is 0 Å². The van der Waals surface area contributed by atoms with Gasteiger partial charge in [-0.05, 0) is 43.7 Å². The molecule has 0 fully saturated rings. The number of aliphatic imine (C=N–C) groups is 1. The average Bonchev–Trinajstić information content (AvgIpc) is 2.65. The van der Waals surface area contributed by atoms with E-state index in [1.807, 2.05) is 18.2 Å². The lowest BCUT2D eigenvalue weighted by atomic mass is 10.2. The predicted octanol–water partition coefficient (Wildman–Crippen LogP) is 3.27. The summed E-state index contributed by atoms with van der Waals surface area (Å²) in [6, 6.07) is 14.0. The average molecular weight is 356 g/mol. The molecule has 0 aromatic heterocycles. The van der Waals surface area contributed by atoms with Crippen LogP contribution in [0.15, 0.2) is 47.5 Å². The normalized spacial score (nSPS) is 11.2. The highest BCUT2D eigenvalue weighted by molar-refractivity contribution is 5.92. The monoisotopic (exact) mass is 356 g/mol. The van der Waals surface area contributed by atoms with Crippen molar-refractivity contribution in [2.75, 3.05) is 44.1 Å². The molecular weight excluding hydrogens is 328 g/mol. The van der Waals surface area contributed by atoms with Crippen molar-refractivity contribution >= 4 is 17.3 Å². The van der Waals surface area contributed by atoms with E-state index in [4.69, 9.17) is 15.2 Å². The van der Waals surface area contributed by atoms with E-state index in [1.54, 1.807) is 14.2 Å². The van der Waals surface area contributed by atoms with Gasteiger partial charge in [0.25, 0.3) is 0 Å². The zero-order valence-corrected chi connectivity index (χ0v) is 16.0. The molecule has 0 saturated heterocycles. The predicted molar refractivity (Wildman–Crippen MR) is 109 cm³/mol. The third-order valence-corrected chi connectivity index (χ3v) is 4.06. The van der Waals surface area contributed by atoms with E-state index >= 15 is 0 Å². The van der Waals surface area contributed by atoms with Crippen LogP contribution in [0.5, 0.6) is 11.5 Å². The van der Waals surface area contributed by atoms with Crippen molar-refractivity contribution in [1.29, 1.82) is 0 Å². The minimum absolute atomic E-state index is 0.373. The van der Waals surface area contributed by atoms with Crippen molar-refractivity contribution in [3.8, 4) is 11.5 Å². The van der Waals surface area contributed by atoms with Crippen molar-refractivity contribution in [1.82, 2.24) is 0 Å². The molecule has 0 aliphatic rings. The molecular formula is C20H28N4O2. The summed E-state index contributed by atoms with van der Waals surface area (Å²) in [7, 11) is 3.21. The summed E-state index contributed by atoms with van der Waals surface area (Å²) in [6.45, 7) is 6.56. The quantitative estimate of drug-likeness (QED) is 0.561. The van der Waals surface area contributed by atoms with Crippen LogP contribution >= 0.6 is 0 Å². The third kappa shape index (κ3) is 5.31. The van der Waals surface area contributed by atoms with Crippen LogP contribution in [0.1, 0.15) is 12.5 Å². The van der Waals surface area contributed by atoms with E-state index in [9.17, 15) is 0 Å². The summed E-state index contributed by atoms with van der Waals surface area (Å²) >= 11 is 0. The fourth-order valence-corrected chi connectivity index (χ4v) is 2.69. The summed E-state index contributed by atoms with van der Waals surface area (Å²) in [4.78, 5) is 6.70. The van der Waals surface area contributed by atoms with Crippen LogP contribution in [-0.2, 0) is 0 Å². The number of benzene rings is 2. The Balaban J connectivity index is 1.95. The summed E-state index contributed by atoms with van der Waals surface area (Å²) in [5.41, 5.74) is 9.26. The number of nitrogens with one attached hydrogen (secondary N) is 1. The molecule has 0 spiro atoms. The van der Waals surface area contributed by atoms with Crippen molar-refractivity contribution in [2.24, 2.45) is 10.7 Å². The number of nitrogens with two attached hydrogens (primary N) is 1. The Morgan fingerprint density at radius 2 is 1.88 bits per heavy atom. The molecule has 0 aliphatic carbocycles. The number of rotatable bonds is 8. The lowest BCUT2D eigenvalue weighted by molar-refractivity contribution is 0.355. The smallest absolute Gasteiger partial charge is 0.193 e. The lowest BCUT2D eigenvalue weighted by Crippen LogP contribution is -2.28. The topological polar surface area (TPSA) is 72.1 Å². The Morgan fingerprint density at radius 1 is 1.12 bits per heavy atom. The Morgan fingerprint density at radius 3 is 2.54 bits per heavy atom. The van der Waals surface area contributed by atoms with E-state index < -0.39 is 0 Å². The standard InChI is InChI=1S/C20H28N4O2/c1-5-24(17-8-6-7-15(2)13-17)12-11-22-20(21)23-16-9-10-18(25-3)19(14-16)26-4/h6-10,13-14H,5,11-12H2,1-4H3,(H3,21,22,23). The van der Waals surface area contributed by atoms with Gasteiger partial charge in [0, 0.05) is 30.5 Å². The van der Waals surface area contributed by atoms with Crippen molar-refractivity contribution < 1.29 is 9.47 Å². The molecule has 6 nitrogen and oxygen atoms in total. The summed E-state index contributed by atoms with van der Waals surface area (Å²) in [5.74, 6) is 1.68. The van der Waals surface area contributed by atoms with Gasteiger partial charge < -0.3 is 25.4 Å². The van der Waals surface area contributed by atoms with Crippen LogP contribution in [0, 0.1) is 6.92 Å². The van der Waals surface area contributed by atoms with Gasteiger partial charge in [-0.3, -0.25) is 4.99 Å². The van der Waals surface area contributed by atoms with Gasteiger partial charge in [0.2, 0.25) is 0 Å². The van der Waals surface area contributed by atoms with E-state index in [2.05, 4.69) is 53.3 Å². The molecule has 2 aromatic rings. The zero-order valence-electron chi connectivity index (χ0n) is 16.0. The molecule has 2 aromatic carbocycles. The highest BCUT2D eigenvalue weighted by Crippen LogP contribution is 2.29. The van der Waals surface area contributed by atoms with Gasteiger partial charge in [-0.15, -0.1) is 0 Å². The SMILES string of the molecule is CCN(CCN=C(N)Nc1ccc(OC)c(OC)c1)c1cccc(C)c1. The Kier molecular flexibility index (Phi) is 7.14. The number of hydrogen-bond donors (Lipinski definition) is 2. The fourth-order valence-electron chi connectivity index (χ4n) is 2.69. The highest BCUT2D eigenvalue weighted by atomic mass is 16.5. The number of aryl methyl sites for hydroxylation is 1. The number of hydrogen-bond acceptors (Lipinski definition) is 4. The second-order valence-corrected chi connectivity index (χ2v) is 5.88. The molecule has 2 rings (SSSR count). The number of ether oxygens (including phenoxy) is 2. The molecule has 0 radical (unpaired) electrons. The van der Waals surface area contributed by atoms with Gasteiger partial charge in [-0.2, -0.15) is 0 Å². The van der Waals surface area contributed by atoms with Gasteiger partial charge in [-0.1, -0.05) is 12.1 Å². The second-order valence-electron chi connectivity index (χ2n) is 5.88. The largest absolute Gasteiger partial charge is 0.493 e. The van der Waals surface area contributed by atoms with Crippen LogP contribution in [0.25, 0.3) is 0 Å². The second kappa shape index (κ2) is 9.56. The Hall–Kier alpha value is -2.89. The van der Waals surface area contributed by atoms with Crippen LogP contribution in [-0.4, -0.2) is 39.8 Å². The van der Waals surface area contributed by atoms with E-state index in [-0.39, 0.29) is 0 Å². The number of likely N-dealkylation sites (N-methyl/N-ethyl adjacent to an activating group) is 1. The first kappa shape index (κ1) is 19.4. The molecule has 140 valence electrons. The maximum Gasteiger partial charge on any atom is 0.193 e. The van der Waals surface area contributed by atoms with Crippen molar-refractivity contribution in [2.45, 2.75) is 13.8 Å². The first-order valence-corrected chi connectivity index (χ1v) is 8.68. The summed E-state index contributed by atoms with van der Waals surface area (Å²) < 4.78 is 10.5. The van der Waals surface area contributed by atoms with Gasteiger partial charge in [0.05, 0.1) is 20.8 Å². The number of guanidine groups is 1. The van der Waals surface area contributed by atoms with Gasteiger partial charge in [-0.25, -0.2) is 0 Å². The molecule has 0 amide bonds. The molecule has 3 N–H and O–H groups in total. The fraction of sp³-hybridized carbons (Fsp3) is 0.350. The molecule has 0 bridgehead atoms. The molecule has 0 atom stereocenters. The minimum Gasteiger partial charge on any atom is -0.493 e. The van der Waals surface area contributed by atoms with Crippen LogP contribution < -0.4 is 25.4 Å². The molecule has 0 aliphatic heterocycles. The molecule has 6 heteroatoms. The van der Waals surface area contributed by atoms with E-state index in [0.29, 0.717) is 24.0 Å². The van der Waals surface area contributed by atoms with Gasteiger partial charge >= 0.3 is 0 Å². The lowest BCUT2D eigenvalue weighted by Gasteiger charge is -2.22. The third-order valence-electron chi connectivity index (χ3n) is 4.06. The molecule has 0 saturated carbocycles. The first-order valence-electron chi connectivity index (χ1n) is 8.68. The van der Waals surface area contributed by atoms with Crippen LogP contribution in [0.3, 0.4) is 0 Å². The maximum absolute atomic E-state index is 6.01. The van der Waals surface area contributed by atoms with Gasteiger partial charge in [0.15, 0.2) is 17.5 Å². The summed E-state index contributed by atoms with van der Waals surface area (Å²) in [6.07, 6.45) is 0. The number of nitrogens with zero attached hydrogens (tertiary/aromatic N) is 2. The number of methoxy groups -OCH3 is 2. The van der Waals surface area contributed by atoms with E-state index in [0.717, 1.165) is 18.8 Å². The first-order chi connectivity index (χ1) is 12.6. The Labute approximate surface area is 155 Å². The van der Waals surface area contributed by atoms with E-state index in [1.165, 1.54) is 11.3 Å². The minimum atomic E-state index is 0.373.